The van der Waals surface area contributed by atoms with E-state index in [1.165, 1.54) is 47.5 Å². The summed E-state index contributed by atoms with van der Waals surface area (Å²) in [7, 11) is 0. The van der Waals surface area contributed by atoms with Gasteiger partial charge in [0.25, 0.3) is 0 Å². The number of hydrogen-bond acceptors (Lipinski definition) is 4. The molecule has 0 atom stereocenters. The van der Waals surface area contributed by atoms with E-state index in [2.05, 4.69) is 205 Å². The minimum absolute atomic E-state index is 0.662. The number of thiophene rings is 1. The molecule has 280 valence electrons. The highest BCUT2D eigenvalue weighted by molar-refractivity contribution is 7.26. The van der Waals surface area contributed by atoms with Gasteiger partial charge >= 0.3 is 0 Å². The van der Waals surface area contributed by atoms with E-state index in [0.717, 1.165) is 61.5 Å². The van der Waals surface area contributed by atoms with E-state index in [1.54, 1.807) is 11.3 Å². The van der Waals surface area contributed by atoms with E-state index in [0.29, 0.717) is 5.82 Å². The van der Waals surface area contributed by atoms with Crippen molar-refractivity contribution in [1.29, 1.82) is 0 Å². The van der Waals surface area contributed by atoms with Gasteiger partial charge in [-0.25, -0.2) is 15.0 Å². The van der Waals surface area contributed by atoms with Crippen LogP contribution in [0.5, 0.6) is 0 Å². The monoisotopic (exact) mass is 782 g/mol. The molecule has 0 unspecified atom stereocenters. The number of nitrogens with zero attached hydrogens (tertiary/aromatic N) is 4. The fourth-order valence-electron chi connectivity index (χ4n) is 8.78. The second-order valence-electron chi connectivity index (χ2n) is 15.2. The minimum Gasteiger partial charge on any atom is -0.309 e. The van der Waals surface area contributed by atoms with Crippen LogP contribution in [0.1, 0.15) is 0 Å². The highest BCUT2D eigenvalue weighted by Crippen LogP contribution is 2.44. The molecule has 0 saturated carbocycles. The summed E-state index contributed by atoms with van der Waals surface area (Å²) in [6.07, 6.45) is 0. The molecule has 0 aliphatic rings. The van der Waals surface area contributed by atoms with Crippen molar-refractivity contribution < 1.29 is 0 Å². The van der Waals surface area contributed by atoms with Gasteiger partial charge in [0.1, 0.15) is 0 Å². The van der Waals surface area contributed by atoms with Crippen LogP contribution in [0.25, 0.3) is 115 Å². The summed E-state index contributed by atoms with van der Waals surface area (Å²) in [6.45, 7) is 0. The van der Waals surface area contributed by atoms with Crippen LogP contribution >= 0.6 is 11.3 Å². The maximum atomic E-state index is 5.46. The smallest absolute Gasteiger partial charge is 0.160 e. The van der Waals surface area contributed by atoms with Gasteiger partial charge in [-0.05, 0) is 59.7 Å². The molecule has 0 aliphatic heterocycles. The molecule has 8 aromatic carbocycles. The molecule has 5 heteroatoms. The first-order chi connectivity index (χ1) is 29.7. The van der Waals surface area contributed by atoms with Crippen molar-refractivity contribution >= 4 is 64.2 Å². The molecule has 0 saturated heterocycles. The number of para-hydroxylation sites is 2. The van der Waals surface area contributed by atoms with Crippen LogP contribution in [0.3, 0.4) is 0 Å². The van der Waals surface area contributed by atoms with Gasteiger partial charge in [0, 0.05) is 59.6 Å². The van der Waals surface area contributed by atoms with Crippen LogP contribution in [0.2, 0.25) is 0 Å². The molecular weight excluding hydrogens is 749 g/mol. The Kier molecular flexibility index (Phi) is 8.00. The first kappa shape index (κ1) is 34.3. The van der Waals surface area contributed by atoms with Gasteiger partial charge in [-0.3, -0.25) is 0 Å². The van der Waals surface area contributed by atoms with Gasteiger partial charge in [-0.1, -0.05) is 158 Å². The Hall–Kier alpha value is -7.73. The van der Waals surface area contributed by atoms with Crippen molar-refractivity contribution in [3.63, 3.8) is 0 Å². The van der Waals surface area contributed by atoms with Crippen LogP contribution < -0.4 is 0 Å². The quantitative estimate of drug-likeness (QED) is 0.169. The molecule has 4 nitrogen and oxygen atoms in total. The zero-order valence-corrected chi connectivity index (χ0v) is 33.1. The molecule has 60 heavy (non-hydrogen) atoms. The van der Waals surface area contributed by atoms with Crippen LogP contribution in [0.15, 0.2) is 206 Å². The largest absolute Gasteiger partial charge is 0.309 e. The van der Waals surface area contributed by atoms with Gasteiger partial charge in [-0.15, -0.1) is 11.3 Å². The second-order valence-corrected chi connectivity index (χ2v) is 16.2. The lowest BCUT2D eigenvalue weighted by molar-refractivity contribution is 1.16. The number of rotatable bonds is 6. The summed E-state index contributed by atoms with van der Waals surface area (Å²) >= 11 is 1.81. The molecule has 12 rings (SSSR count). The van der Waals surface area contributed by atoms with E-state index in [9.17, 15) is 0 Å². The zero-order valence-electron chi connectivity index (χ0n) is 32.3. The first-order valence-electron chi connectivity index (χ1n) is 20.2. The van der Waals surface area contributed by atoms with Gasteiger partial charge in [0.05, 0.1) is 38.3 Å². The fraction of sp³-hybridized carbons (Fsp3) is 0. The van der Waals surface area contributed by atoms with Crippen molar-refractivity contribution in [3.8, 4) is 62.0 Å². The van der Waals surface area contributed by atoms with Crippen LogP contribution in [-0.4, -0.2) is 19.5 Å². The molecule has 0 bridgehead atoms. The number of pyridine rings is 1. The average molecular weight is 783 g/mol. The molecule has 0 fully saturated rings. The number of aromatic nitrogens is 4. The fourth-order valence-corrected chi connectivity index (χ4v) is 10.0. The Bertz CT molecular complexity index is 3550. The molecule has 0 spiro atoms. The number of hydrogen-bond donors (Lipinski definition) is 0. The van der Waals surface area contributed by atoms with Crippen molar-refractivity contribution in [3.05, 3.63) is 206 Å². The minimum atomic E-state index is 0.662. The molecule has 0 aliphatic carbocycles. The molecule has 0 amide bonds. The third kappa shape index (κ3) is 5.70. The van der Waals surface area contributed by atoms with Gasteiger partial charge in [-0.2, -0.15) is 0 Å². The van der Waals surface area contributed by atoms with Crippen LogP contribution in [0, 0.1) is 0 Å². The van der Waals surface area contributed by atoms with Crippen LogP contribution in [0.4, 0.5) is 0 Å². The van der Waals surface area contributed by atoms with Crippen molar-refractivity contribution in [2.24, 2.45) is 0 Å². The summed E-state index contributed by atoms with van der Waals surface area (Å²) < 4.78 is 4.78. The van der Waals surface area contributed by atoms with Crippen molar-refractivity contribution in [1.82, 2.24) is 19.5 Å². The lowest BCUT2D eigenvalue weighted by atomic mass is 9.99. The summed E-state index contributed by atoms with van der Waals surface area (Å²) in [5, 5.41) is 6.13. The molecule has 0 radical (unpaired) electrons. The topological polar surface area (TPSA) is 43.6 Å². The average Bonchev–Trinajstić information content (AvgIpc) is 3.88. The van der Waals surface area contributed by atoms with Gasteiger partial charge in [0.15, 0.2) is 5.82 Å². The predicted molar refractivity (Wildman–Crippen MR) is 252 cm³/mol. The van der Waals surface area contributed by atoms with E-state index in [4.69, 9.17) is 15.0 Å². The Balaban J connectivity index is 1.03. The van der Waals surface area contributed by atoms with E-state index in [1.807, 2.05) is 6.07 Å². The molecule has 4 aromatic heterocycles. The number of benzene rings is 8. The third-order valence-corrected chi connectivity index (χ3v) is 12.8. The molecular formula is C55H34N4S. The lowest BCUT2D eigenvalue weighted by Gasteiger charge is -2.13. The highest BCUT2D eigenvalue weighted by atomic mass is 32.1. The summed E-state index contributed by atoms with van der Waals surface area (Å²) in [4.78, 5) is 16.0. The van der Waals surface area contributed by atoms with Crippen molar-refractivity contribution in [2.45, 2.75) is 0 Å². The molecule has 12 aromatic rings. The predicted octanol–water partition coefficient (Wildman–Crippen LogP) is 14.8. The van der Waals surface area contributed by atoms with Crippen LogP contribution in [-0.2, 0) is 0 Å². The second kappa shape index (κ2) is 14.0. The molecule has 4 heterocycles. The normalized spacial score (nSPS) is 11.7. The zero-order chi connectivity index (χ0) is 39.6. The van der Waals surface area contributed by atoms with E-state index in [-0.39, 0.29) is 0 Å². The number of fused-ring (bicyclic) bond motifs is 8. The third-order valence-electron chi connectivity index (χ3n) is 11.6. The van der Waals surface area contributed by atoms with Crippen molar-refractivity contribution in [2.75, 3.05) is 0 Å². The Labute approximate surface area is 350 Å². The summed E-state index contributed by atoms with van der Waals surface area (Å²) in [6, 6.07) is 73.0. The standard InChI is InChI=1S/C55H34N4S/c1-3-15-35(16-4-1)37-29-30-44-48(33-37)56-53(54-52(44)45-25-9-12-28-51(45)60-54)39-20-13-21-40(31-39)55-57-46(36-17-5-2-6-18-36)34-47(58-55)38-19-14-22-41(32-38)59-49-26-10-7-23-42(49)43-24-8-11-27-50(43)59/h1-34H. The van der Waals surface area contributed by atoms with Gasteiger partial charge in [0.2, 0.25) is 0 Å². The summed E-state index contributed by atoms with van der Waals surface area (Å²) in [5.41, 5.74) is 13.4. The van der Waals surface area contributed by atoms with Gasteiger partial charge < -0.3 is 4.57 Å². The van der Waals surface area contributed by atoms with E-state index < -0.39 is 0 Å². The Morgan fingerprint density at radius 3 is 1.73 bits per heavy atom. The summed E-state index contributed by atoms with van der Waals surface area (Å²) in [5.74, 6) is 0.662. The Morgan fingerprint density at radius 2 is 0.967 bits per heavy atom. The highest BCUT2D eigenvalue weighted by Gasteiger charge is 2.19. The Morgan fingerprint density at radius 1 is 0.367 bits per heavy atom. The first-order valence-corrected chi connectivity index (χ1v) is 21.0. The maximum Gasteiger partial charge on any atom is 0.160 e. The SMILES string of the molecule is c1ccc(-c2ccc3c(c2)nc(-c2cccc(-c4nc(-c5ccccc5)cc(-c5cccc(-n6c7ccccc7c7ccccc76)c5)n4)c2)c2sc4ccccc4c23)cc1. The lowest BCUT2D eigenvalue weighted by Crippen LogP contribution is -1.98. The maximum absolute atomic E-state index is 5.46. The van der Waals surface area contributed by atoms with E-state index >= 15 is 0 Å². The molecule has 0 N–H and O–H groups in total.